The Balaban J connectivity index is 1.99. The van der Waals surface area contributed by atoms with Crippen LogP contribution in [0.3, 0.4) is 0 Å². The molecule has 0 saturated carbocycles. The molecule has 17 heavy (non-hydrogen) atoms. The van der Waals surface area contributed by atoms with E-state index in [1.165, 1.54) is 24.9 Å². The van der Waals surface area contributed by atoms with Crippen molar-refractivity contribution in [2.75, 3.05) is 19.6 Å². The molecule has 4 nitrogen and oxygen atoms in total. The SMILES string of the molecule is CCC1(C)CN(Cc2cnn(C)c2)CCCN1. The third-order valence-electron chi connectivity index (χ3n) is 3.72. The van der Waals surface area contributed by atoms with E-state index < -0.39 is 0 Å². The highest BCUT2D eigenvalue weighted by Gasteiger charge is 2.26. The van der Waals surface area contributed by atoms with Gasteiger partial charge in [-0.05, 0) is 32.9 Å². The molecule has 4 heteroatoms. The van der Waals surface area contributed by atoms with Crippen LogP contribution in [-0.2, 0) is 13.6 Å². The van der Waals surface area contributed by atoms with E-state index in [1.807, 2.05) is 17.9 Å². The minimum atomic E-state index is 0.263. The van der Waals surface area contributed by atoms with E-state index in [-0.39, 0.29) is 5.54 Å². The van der Waals surface area contributed by atoms with Crippen LogP contribution in [0, 0.1) is 0 Å². The number of aryl methyl sites for hydroxylation is 1. The first-order valence-corrected chi connectivity index (χ1v) is 6.56. The minimum absolute atomic E-state index is 0.263. The van der Waals surface area contributed by atoms with Crippen LogP contribution in [0.5, 0.6) is 0 Å². The van der Waals surface area contributed by atoms with Gasteiger partial charge in [0.2, 0.25) is 0 Å². The number of aromatic nitrogens is 2. The summed E-state index contributed by atoms with van der Waals surface area (Å²) in [4.78, 5) is 2.54. The average molecular weight is 236 g/mol. The van der Waals surface area contributed by atoms with Gasteiger partial charge in [-0.25, -0.2) is 0 Å². The first kappa shape index (κ1) is 12.6. The quantitative estimate of drug-likeness (QED) is 0.861. The first-order valence-electron chi connectivity index (χ1n) is 6.56. The Morgan fingerprint density at radius 2 is 2.35 bits per heavy atom. The largest absolute Gasteiger partial charge is 0.310 e. The van der Waals surface area contributed by atoms with Crippen LogP contribution in [0.4, 0.5) is 0 Å². The van der Waals surface area contributed by atoms with Gasteiger partial charge in [0.05, 0.1) is 6.20 Å². The molecule has 0 spiro atoms. The van der Waals surface area contributed by atoms with Crippen molar-refractivity contribution in [1.82, 2.24) is 20.0 Å². The summed E-state index contributed by atoms with van der Waals surface area (Å²) in [6.07, 6.45) is 6.50. The van der Waals surface area contributed by atoms with Crippen molar-refractivity contribution in [3.05, 3.63) is 18.0 Å². The maximum absolute atomic E-state index is 4.24. The fourth-order valence-corrected chi connectivity index (χ4v) is 2.50. The topological polar surface area (TPSA) is 33.1 Å². The summed E-state index contributed by atoms with van der Waals surface area (Å²) < 4.78 is 1.88. The molecular weight excluding hydrogens is 212 g/mol. The molecule has 1 aliphatic heterocycles. The highest BCUT2D eigenvalue weighted by molar-refractivity contribution is 5.04. The van der Waals surface area contributed by atoms with Gasteiger partial charge in [-0.15, -0.1) is 0 Å². The summed E-state index contributed by atoms with van der Waals surface area (Å²) in [5.41, 5.74) is 1.58. The van der Waals surface area contributed by atoms with Gasteiger partial charge in [0.25, 0.3) is 0 Å². The third kappa shape index (κ3) is 3.30. The lowest BCUT2D eigenvalue weighted by Gasteiger charge is -2.32. The van der Waals surface area contributed by atoms with Crippen LogP contribution in [0.1, 0.15) is 32.3 Å². The Labute approximate surface area is 104 Å². The molecular formula is C13H24N4. The minimum Gasteiger partial charge on any atom is -0.310 e. The maximum atomic E-state index is 4.24. The molecule has 96 valence electrons. The van der Waals surface area contributed by atoms with Crippen molar-refractivity contribution in [3.63, 3.8) is 0 Å². The summed E-state index contributed by atoms with van der Waals surface area (Å²) in [5, 5.41) is 7.90. The van der Waals surface area contributed by atoms with E-state index in [0.29, 0.717) is 0 Å². The van der Waals surface area contributed by atoms with E-state index in [2.05, 4.69) is 35.4 Å². The average Bonchev–Trinajstić information content (AvgIpc) is 2.59. The molecule has 1 fully saturated rings. The predicted octanol–water partition coefficient (Wildman–Crippen LogP) is 1.38. The van der Waals surface area contributed by atoms with Crippen LogP contribution in [0.15, 0.2) is 12.4 Å². The Hall–Kier alpha value is -0.870. The van der Waals surface area contributed by atoms with Gasteiger partial charge in [-0.1, -0.05) is 6.92 Å². The summed E-state index contributed by atoms with van der Waals surface area (Å²) in [6, 6.07) is 0. The fraction of sp³-hybridized carbons (Fsp3) is 0.769. The molecule has 1 unspecified atom stereocenters. The van der Waals surface area contributed by atoms with Crippen LogP contribution in [0.2, 0.25) is 0 Å². The molecule has 2 heterocycles. The van der Waals surface area contributed by atoms with Crippen molar-refractivity contribution in [2.24, 2.45) is 7.05 Å². The second kappa shape index (κ2) is 5.19. The molecule has 1 saturated heterocycles. The molecule has 0 radical (unpaired) electrons. The number of hydrogen-bond donors (Lipinski definition) is 1. The zero-order valence-corrected chi connectivity index (χ0v) is 11.2. The molecule has 2 rings (SSSR count). The van der Waals surface area contributed by atoms with Crippen LogP contribution >= 0.6 is 0 Å². The van der Waals surface area contributed by atoms with Crippen molar-refractivity contribution >= 4 is 0 Å². The lowest BCUT2D eigenvalue weighted by molar-refractivity contribution is 0.208. The lowest BCUT2D eigenvalue weighted by atomic mass is 9.98. The Bertz CT molecular complexity index is 360. The highest BCUT2D eigenvalue weighted by atomic mass is 15.2. The van der Waals surface area contributed by atoms with Crippen LogP contribution in [-0.4, -0.2) is 39.9 Å². The molecule has 1 atom stereocenters. The zero-order valence-electron chi connectivity index (χ0n) is 11.2. The number of rotatable bonds is 3. The first-order chi connectivity index (χ1) is 8.11. The summed E-state index contributed by atoms with van der Waals surface area (Å²) >= 11 is 0. The predicted molar refractivity (Wildman–Crippen MR) is 69.8 cm³/mol. The van der Waals surface area contributed by atoms with Crippen molar-refractivity contribution < 1.29 is 0 Å². The van der Waals surface area contributed by atoms with Gasteiger partial charge in [-0.3, -0.25) is 9.58 Å². The van der Waals surface area contributed by atoms with Gasteiger partial charge < -0.3 is 5.32 Å². The summed E-state index contributed by atoms with van der Waals surface area (Å²) in [6.45, 7) is 9.05. The van der Waals surface area contributed by atoms with Gasteiger partial charge in [-0.2, -0.15) is 5.10 Å². The highest BCUT2D eigenvalue weighted by Crippen LogP contribution is 2.16. The van der Waals surface area contributed by atoms with Crippen LogP contribution < -0.4 is 5.32 Å². The lowest BCUT2D eigenvalue weighted by Crippen LogP contribution is -2.48. The maximum Gasteiger partial charge on any atom is 0.0534 e. The summed E-state index contributed by atoms with van der Waals surface area (Å²) in [7, 11) is 1.98. The van der Waals surface area contributed by atoms with E-state index in [0.717, 1.165) is 19.6 Å². The Kier molecular flexibility index (Phi) is 3.84. The molecule has 0 amide bonds. The van der Waals surface area contributed by atoms with Crippen molar-refractivity contribution in [3.8, 4) is 0 Å². The fourth-order valence-electron chi connectivity index (χ4n) is 2.50. The van der Waals surface area contributed by atoms with E-state index in [9.17, 15) is 0 Å². The smallest absolute Gasteiger partial charge is 0.0534 e. The van der Waals surface area contributed by atoms with Crippen molar-refractivity contribution in [2.45, 2.75) is 38.8 Å². The Morgan fingerprint density at radius 3 is 3.00 bits per heavy atom. The second-order valence-corrected chi connectivity index (χ2v) is 5.43. The van der Waals surface area contributed by atoms with E-state index in [1.54, 1.807) is 0 Å². The molecule has 1 aromatic rings. The van der Waals surface area contributed by atoms with Gasteiger partial charge in [0.15, 0.2) is 0 Å². The molecule has 0 aliphatic carbocycles. The monoisotopic (exact) mass is 236 g/mol. The number of nitrogens with zero attached hydrogens (tertiary/aromatic N) is 3. The molecule has 1 aromatic heterocycles. The third-order valence-corrected chi connectivity index (χ3v) is 3.72. The van der Waals surface area contributed by atoms with Gasteiger partial charge >= 0.3 is 0 Å². The van der Waals surface area contributed by atoms with Gasteiger partial charge in [0.1, 0.15) is 0 Å². The second-order valence-electron chi connectivity index (χ2n) is 5.43. The van der Waals surface area contributed by atoms with Crippen molar-refractivity contribution in [1.29, 1.82) is 0 Å². The van der Waals surface area contributed by atoms with E-state index in [4.69, 9.17) is 0 Å². The summed E-state index contributed by atoms with van der Waals surface area (Å²) in [5.74, 6) is 0. The van der Waals surface area contributed by atoms with Crippen LogP contribution in [0.25, 0.3) is 0 Å². The molecule has 1 N–H and O–H groups in total. The molecule has 0 aromatic carbocycles. The van der Waals surface area contributed by atoms with Gasteiger partial charge in [0, 0.05) is 37.4 Å². The zero-order chi connectivity index (χ0) is 12.3. The normalized spacial score (nSPS) is 27.0. The molecule has 1 aliphatic rings. The molecule has 0 bridgehead atoms. The number of nitrogens with one attached hydrogen (secondary N) is 1. The van der Waals surface area contributed by atoms with E-state index >= 15 is 0 Å². The number of hydrogen-bond acceptors (Lipinski definition) is 3. The standard InChI is InChI=1S/C13H24N4/c1-4-13(2)11-17(7-5-6-14-13)10-12-8-15-16(3)9-12/h8-9,14H,4-7,10-11H2,1-3H3. The Morgan fingerprint density at radius 1 is 1.53 bits per heavy atom.